The van der Waals surface area contributed by atoms with Crippen molar-refractivity contribution in [2.45, 2.75) is 0 Å². The van der Waals surface area contributed by atoms with Gasteiger partial charge in [0.1, 0.15) is 5.82 Å². The number of anilines is 2. The zero-order chi connectivity index (χ0) is 12.1. The minimum Gasteiger partial charge on any atom is -0.305 e. The van der Waals surface area contributed by atoms with E-state index in [0.717, 1.165) is 0 Å². The van der Waals surface area contributed by atoms with Crippen LogP contribution in [0.4, 0.5) is 16.3 Å². The summed E-state index contributed by atoms with van der Waals surface area (Å²) >= 11 is 5.80. The second-order valence-corrected chi connectivity index (χ2v) is 3.49. The molecule has 5 nitrogen and oxygen atoms in total. The molecule has 0 unspecified atom stereocenters. The number of amides is 2. The fourth-order valence-electron chi connectivity index (χ4n) is 1.19. The van der Waals surface area contributed by atoms with Crippen LogP contribution in [0.5, 0.6) is 0 Å². The second kappa shape index (κ2) is 5.27. The third-order valence-corrected chi connectivity index (χ3v) is 2.21. The van der Waals surface area contributed by atoms with E-state index in [-0.39, 0.29) is 5.15 Å². The van der Waals surface area contributed by atoms with Gasteiger partial charge in [0, 0.05) is 12.4 Å². The van der Waals surface area contributed by atoms with E-state index in [0.29, 0.717) is 11.5 Å². The van der Waals surface area contributed by atoms with Gasteiger partial charge >= 0.3 is 6.03 Å². The Labute approximate surface area is 103 Å². The monoisotopic (exact) mass is 248 g/mol. The second-order valence-electron chi connectivity index (χ2n) is 3.14. The first-order valence-electron chi connectivity index (χ1n) is 4.85. The first kappa shape index (κ1) is 11.3. The maximum atomic E-state index is 11.6. The first-order valence-corrected chi connectivity index (χ1v) is 5.23. The minimum atomic E-state index is -0.418. The molecule has 17 heavy (non-hydrogen) atoms. The molecule has 0 aliphatic rings. The number of pyridine rings is 2. The van der Waals surface area contributed by atoms with Crippen LogP contribution >= 0.6 is 11.6 Å². The smallest absolute Gasteiger partial charge is 0.305 e. The van der Waals surface area contributed by atoms with Crippen molar-refractivity contribution >= 4 is 29.1 Å². The van der Waals surface area contributed by atoms with Crippen LogP contribution in [0.1, 0.15) is 0 Å². The molecule has 0 saturated heterocycles. The standard InChI is InChI=1S/C11H9ClN4O/c12-10-8(4-3-7-14-10)15-11(17)16-9-5-1-2-6-13-9/h1-7H,(H2,13,15,16,17). The Kier molecular flexibility index (Phi) is 3.52. The Bertz CT molecular complexity index is 518. The maximum Gasteiger partial charge on any atom is 0.324 e. The molecule has 0 saturated carbocycles. The molecule has 0 radical (unpaired) electrons. The molecule has 0 aliphatic heterocycles. The predicted octanol–water partition coefficient (Wildman–Crippen LogP) is 2.77. The van der Waals surface area contributed by atoms with Crippen molar-refractivity contribution in [1.82, 2.24) is 9.97 Å². The summed E-state index contributed by atoms with van der Waals surface area (Å²) < 4.78 is 0. The lowest BCUT2D eigenvalue weighted by atomic mass is 10.4. The van der Waals surface area contributed by atoms with Crippen molar-refractivity contribution in [2.75, 3.05) is 10.6 Å². The molecule has 6 heteroatoms. The summed E-state index contributed by atoms with van der Waals surface area (Å²) in [5.74, 6) is 0.463. The molecule has 86 valence electrons. The molecular formula is C11H9ClN4O. The minimum absolute atomic E-state index is 0.240. The van der Waals surface area contributed by atoms with Crippen LogP contribution in [-0.2, 0) is 0 Å². The summed E-state index contributed by atoms with van der Waals surface area (Å²) in [6, 6.07) is 8.15. The van der Waals surface area contributed by atoms with Crippen LogP contribution in [0.15, 0.2) is 42.7 Å². The fraction of sp³-hybridized carbons (Fsp3) is 0. The number of hydrogen-bond donors (Lipinski definition) is 2. The predicted molar refractivity (Wildman–Crippen MR) is 66.1 cm³/mol. The number of halogens is 1. The van der Waals surface area contributed by atoms with Gasteiger partial charge in [0.2, 0.25) is 0 Å². The highest BCUT2D eigenvalue weighted by molar-refractivity contribution is 6.32. The number of carbonyl (C=O) groups excluding carboxylic acids is 1. The lowest BCUT2D eigenvalue weighted by Crippen LogP contribution is -2.20. The van der Waals surface area contributed by atoms with E-state index in [9.17, 15) is 4.79 Å². The summed E-state index contributed by atoms with van der Waals surface area (Å²) in [5, 5.41) is 5.38. The molecule has 2 aromatic rings. The zero-order valence-electron chi connectivity index (χ0n) is 8.72. The number of hydrogen-bond acceptors (Lipinski definition) is 3. The van der Waals surface area contributed by atoms with Crippen molar-refractivity contribution < 1.29 is 4.79 Å². The summed E-state index contributed by atoms with van der Waals surface area (Å²) in [6.07, 6.45) is 3.14. The molecule has 2 aromatic heterocycles. The summed E-state index contributed by atoms with van der Waals surface area (Å²) in [6.45, 7) is 0. The van der Waals surface area contributed by atoms with E-state index >= 15 is 0 Å². The molecule has 0 fully saturated rings. The van der Waals surface area contributed by atoms with Gasteiger partial charge in [0.25, 0.3) is 0 Å². The molecule has 2 heterocycles. The molecule has 2 amide bonds. The van der Waals surface area contributed by atoms with Crippen molar-refractivity contribution in [2.24, 2.45) is 0 Å². The third kappa shape index (κ3) is 3.15. The van der Waals surface area contributed by atoms with Gasteiger partial charge in [-0.05, 0) is 24.3 Å². The van der Waals surface area contributed by atoms with Crippen LogP contribution in [0.25, 0.3) is 0 Å². The van der Waals surface area contributed by atoms with Gasteiger partial charge in [0.05, 0.1) is 5.69 Å². The van der Waals surface area contributed by atoms with E-state index in [1.165, 1.54) is 0 Å². The number of urea groups is 1. The van der Waals surface area contributed by atoms with Crippen molar-refractivity contribution in [3.63, 3.8) is 0 Å². The van der Waals surface area contributed by atoms with Gasteiger partial charge < -0.3 is 5.32 Å². The molecule has 0 bridgehead atoms. The number of carbonyl (C=O) groups is 1. The van der Waals surface area contributed by atoms with Crippen LogP contribution in [0.2, 0.25) is 5.15 Å². The van der Waals surface area contributed by atoms with Crippen LogP contribution < -0.4 is 10.6 Å². The average Bonchev–Trinajstić information content (AvgIpc) is 2.33. The highest BCUT2D eigenvalue weighted by atomic mass is 35.5. The van der Waals surface area contributed by atoms with Crippen molar-refractivity contribution in [3.8, 4) is 0 Å². The van der Waals surface area contributed by atoms with Crippen molar-refractivity contribution in [1.29, 1.82) is 0 Å². The number of nitrogens with zero attached hydrogens (tertiary/aromatic N) is 2. The molecular weight excluding hydrogens is 240 g/mol. The third-order valence-electron chi connectivity index (χ3n) is 1.91. The van der Waals surface area contributed by atoms with Gasteiger partial charge in [-0.25, -0.2) is 14.8 Å². The molecule has 0 spiro atoms. The summed E-state index contributed by atoms with van der Waals surface area (Å²) in [7, 11) is 0. The van der Waals surface area contributed by atoms with Crippen molar-refractivity contribution in [3.05, 3.63) is 47.9 Å². The molecule has 0 atom stereocenters. The number of nitrogens with one attached hydrogen (secondary N) is 2. The van der Waals surface area contributed by atoms with Crippen LogP contribution in [0, 0.1) is 0 Å². The Morgan fingerprint density at radius 1 is 1.06 bits per heavy atom. The Morgan fingerprint density at radius 3 is 2.59 bits per heavy atom. The van der Waals surface area contributed by atoms with E-state index in [4.69, 9.17) is 11.6 Å². The van der Waals surface area contributed by atoms with E-state index in [2.05, 4.69) is 20.6 Å². The normalized spacial score (nSPS) is 9.71. The highest BCUT2D eigenvalue weighted by Gasteiger charge is 2.05. The Morgan fingerprint density at radius 2 is 1.88 bits per heavy atom. The van der Waals surface area contributed by atoms with Gasteiger partial charge in [-0.3, -0.25) is 5.32 Å². The summed E-state index contributed by atoms with van der Waals surface area (Å²) in [4.78, 5) is 19.4. The topological polar surface area (TPSA) is 66.9 Å². The quantitative estimate of drug-likeness (QED) is 0.803. The molecule has 0 aliphatic carbocycles. The number of rotatable bonds is 2. The zero-order valence-corrected chi connectivity index (χ0v) is 9.48. The molecule has 2 rings (SSSR count). The van der Waals surface area contributed by atoms with Crippen LogP contribution in [0.3, 0.4) is 0 Å². The van der Waals surface area contributed by atoms with E-state index < -0.39 is 6.03 Å². The highest BCUT2D eigenvalue weighted by Crippen LogP contribution is 2.17. The Balaban J connectivity index is 2.01. The first-order chi connectivity index (χ1) is 8.25. The SMILES string of the molecule is O=C(Nc1ccccn1)Nc1cccnc1Cl. The largest absolute Gasteiger partial charge is 0.324 e. The molecule has 2 N–H and O–H groups in total. The lowest BCUT2D eigenvalue weighted by molar-refractivity contribution is 0.262. The van der Waals surface area contributed by atoms with Gasteiger partial charge in [-0.2, -0.15) is 0 Å². The fourth-order valence-corrected chi connectivity index (χ4v) is 1.35. The van der Waals surface area contributed by atoms with Gasteiger partial charge in [0.15, 0.2) is 5.15 Å². The van der Waals surface area contributed by atoms with Crippen LogP contribution in [-0.4, -0.2) is 16.0 Å². The maximum absolute atomic E-state index is 11.6. The number of aromatic nitrogens is 2. The Hall–Kier alpha value is -2.14. The average molecular weight is 249 g/mol. The molecule has 0 aromatic carbocycles. The van der Waals surface area contributed by atoms with Gasteiger partial charge in [-0.1, -0.05) is 17.7 Å². The van der Waals surface area contributed by atoms with Gasteiger partial charge in [-0.15, -0.1) is 0 Å². The summed E-state index contributed by atoms with van der Waals surface area (Å²) in [5.41, 5.74) is 0.447. The lowest BCUT2D eigenvalue weighted by Gasteiger charge is -2.07. The van der Waals surface area contributed by atoms with E-state index in [1.807, 2.05) is 0 Å². The van der Waals surface area contributed by atoms with E-state index in [1.54, 1.807) is 42.7 Å².